The number of methoxy groups -OCH3 is 1. The number of likely N-dealkylation sites (N-methyl/N-ethyl adjacent to an activating group) is 1. The Kier molecular flexibility index (Phi) is 5.35. The van der Waals surface area contributed by atoms with E-state index >= 15 is 0 Å². The van der Waals surface area contributed by atoms with Crippen LogP contribution in [0.4, 0.5) is 0 Å². The maximum absolute atomic E-state index is 9.59. The van der Waals surface area contributed by atoms with Crippen LogP contribution in [0.15, 0.2) is 18.2 Å². The molecule has 0 aromatic heterocycles. The Morgan fingerprint density at radius 3 is 2.42 bits per heavy atom. The largest absolute Gasteiger partial charge is 0.508 e. The van der Waals surface area contributed by atoms with Crippen molar-refractivity contribution in [2.24, 2.45) is 0 Å². The summed E-state index contributed by atoms with van der Waals surface area (Å²) in [6, 6.07) is 5.23. The molecule has 0 saturated heterocycles. The summed E-state index contributed by atoms with van der Waals surface area (Å²) in [7, 11) is 3.73. The molecule has 0 saturated carbocycles. The van der Waals surface area contributed by atoms with Gasteiger partial charge in [0.25, 0.3) is 0 Å². The van der Waals surface area contributed by atoms with Crippen LogP contribution < -0.4 is 0 Å². The van der Waals surface area contributed by atoms with Gasteiger partial charge in [-0.05, 0) is 45.5 Å². The first-order chi connectivity index (χ1) is 8.79. The minimum atomic E-state index is -0.175. The van der Waals surface area contributed by atoms with Crippen LogP contribution in [0.25, 0.3) is 0 Å². The molecule has 0 aliphatic carbocycles. The number of aliphatic hydroxyl groups is 1. The predicted molar refractivity (Wildman–Crippen MR) is 76.2 cm³/mol. The Hall–Kier alpha value is -1.10. The molecule has 2 N–H and O–H groups in total. The maximum atomic E-state index is 9.59. The fourth-order valence-corrected chi connectivity index (χ4v) is 1.77. The van der Waals surface area contributed by atoms with Gasteiger partial charge in [0.15, 0.2) is 0 Å². The monoisotopic (exact) mass is 267 g/mol. The zero-order valence-electron chi connectivity index (χ0n) is 12.5. The first-order valence-electron chi connectivity index (χ1n) is 6.46. The molecule has 1 aromatic rings. The zero-order valence-corrected chi connectivity index (χ0v) is 12.5. The molecule has 108 valence electrons. The molecule has 4 heteroatoms. The first-order valence-corrected chi connectivity index (χ1v) is 6.46. The third-order valence-corrected chi connectivity index (χ3v) is 3.52. The van der Waals surface area contributed by atoms with Crippen LogP contribution >= 0.6 is 0 Å². The van der Waals surface area contributed by atoms with E-state index in [0.717, 1.165) is 12.1 Å². The van der Waals surface area contributed by atoms with Crippen LogP contribution in [0.1, 0.15) is 38.0 Å². The Bertz CT molecular complexity index is 412. The lowest BCUT2D eigenvalue weighted by Gasteiger charge is -2.34. The van der Waals surface area contributed by atoms with Crippen molar-refractivity contribution in [2.45, 2.75) is 39.0 Å². The smallest absolute Gasteiger partial charge is 0.121 e. The van der Waals surface area contributed by atoms with Gasteiger partial charge in [-0.3, -0.25) is 4.90 Å². The van der Waals surface area contributed by atoms with Crippen molar-refractivity contribution in [1.29, 1.82) is 0 Å². The number of phenols is 1. The Morgan fingerprint density at radius 1 is 1.32 bits per heavy atom. The zero-order chi connectivity index (χ0) is 14.6. The van der Waals surface area contributed by atoms with Gasteiger partial charge in [-0.25, -0.2) is 0 Å². The number of aromatic hydroxyl groups is 1. The number of rotatable bonds is 5. The molecule has 19 heavy (non-hydrogen) atoms. The fraction of sp³-hybridized carbons (Fsp3) is 0.600. The molecule has 0 fully saturated rings. The van der Waals surface area contributed by atoms with E-state index in [1.54, 1.807) is 19.2 Å². The van der Waals surface area contributed by atoms with Gasteiger partial charge in [0.1, 0.15) is 5.75 Å². The van der Waals surface area contributed by atoms with Crippen molar-refractivity contribution in [2.75, 3.05) is 20.7 Å². The van der Waals surface area contributed by atoms with Crippen molar-refractivity contribution >= 4 is 0 Å². The molecule has 1 aromatic carbocycles. The summed E-state index contributed by atoms with van der Waals surface area (Å²) in [6.07, 6.45) is -0.0878. The Balaban J connectivity index is 2.91. The molecule has 0 amide bonds. The van der Waals surface area contributed by atoms with E-state index in [9.17, 15) is 10.2 Å². The summed E-state index contributed by atoms with van der Waals surface area (Å²) >= 11 is 0. The standard InChI is InChI=1S/C15H25NO3/c1-15(2,3)16(4)9-14(19-5)11-6-7-13(18)12(8-11)10-17/h6-8,14,17-18H,9-10H2,1-5H3. The van der Waals surface area contributed by atoms with Crippen molar-refractivity contribution in [1.82, 2.24) is 4.90 Å². The third-order valence-electron chi connectivity index (χ3n) is 3.52. The van der Waals surface area contributed by atoms with Crippen molar-refractivity contribution < 1.29 is 14.9 Å². The lowest BCUT2D eigenvalue weighted by molar-refractivity contribution is 0.0426. The van der Waals surface area contributed by atoms with Gasteiger partial charge in [-0.1, -0.05) is 6.07 Å². The number of hydrogen-bond acceptors (Lipinski definition) is 4. The van der Waals surface area contributed by atoms with Crippen molar-refractivity contribution in [3.8, 4) is 5.75 Å². The fourth-order valence-electron chi connectivity index (χ4n) is 1.77. The number of hydrogen-bond donors (Lipinski definition) is 2. The maximum Gasteiger partial charge on any atom is 0.121 e. The first kappa shape index (κ1) is 16.0. The minimum absolute atomic E-state index is 0.0630. The summed E-state index contributed by atoms with van der Waals surface area (Å²) in [5.41, 5.74) is 1.55. The van der Waals surface area contributed by atoms with Gasteiger partial charge in [-0.2, -0.15) is 0 Å². The van der Waals surface area contributed by atoms with Crippen LogP contribution in [0.3, 0.4) is 0 Å². The minimum Gasteiger partial charge on any atom is -0.508 e. The van der Waals surface area contributed by atoms with Gasteiger partial charge in [-0.15, -0.1) is 0 Å². The second-order valence-corrected chi connectivity index (χ2v) is 5.82. The average Bonchev–Trinajstić information content (AvgIpc) is 2.35. The lowest BCUT2D eigenvalue weighted by atomic mass is 10.0. The van der Waals surface area contributed by atoms with Crippen LogP contribution in [0, 0.1) is 0 Å². The number of benzene rings is 1. The molecule has 0 spiro atoms. The van der Waals surface area contributed by atoms with Gasteiger partial charge in [0.2, 0.25) is 0 Å². The summed E-state index contributed by atoms with van der Waals surface area (Å²) in [5, 5.41) is 18.8. The van der Waals surface area contributed by atoms with E-state index in [4.69, 9.17) is 4.74 Å². The number of aliphatic hydroxyl groups excluding tert-OH is 1. The second-order valence-electron chi connectivity index (χ2n) is 5.82. The van der Waals surface area contributed by atoms with Gasteiger partial charge >= 0.3 is 0 Å². The van der Waals surface area contributed by atoms with Gasteiger partial charge in [0, 0.05) is 24.8 Å². The molecule has 4 nitrogen and oxygen atoms in total. The van der Waals surface area contributed by atoms with Crippen LogP contribution in [0.2, 0.25) is 0 Å². The Morgan fingerprint density at radius 2 is 1.95 bits per heavy atom. The van der Waals surface area contributed by atoms with E-state index in [1.807, 2.05) is 6.07 Å². The van der Waals surface area contributed by atoms with Crippen molar-refractivity contribution in [3.63, 3.8) is 0 Å². The summed E-state index contributed by atoms with van der Waals surface area (Å²) < 4.78 is 5.54. The summed E-state index contributed by atoms with van der Waals surface area (Å²) in [6.45, 7) is 7.02. The second kappa shape index (κ2) is 6.37. The van der Waals surface area contributed by atoms with Crippen LogP contribution in [0.5, 0.6) is 5.75 Å². The van der Waals surface area contributed by atoms with Crippen LogP contribution in [-0.4, -0.2) is 41.4 Å². The number of nitrogens with zero attached hydrogens (tertiary/aromatic N) is 1. The molecular weight excluding hydrogens is 242 g/mol. The SMILES string of the molecule is COC(CN(C)C(C)(C)C)c1ccc(O)c(CO)c1. The molecular formula is C15H25NO3. The molecule has 0 aliphatic rings. The Labute approximate surface area is 115 Å². The topological polar surface area (TPSA) is 52.9 Å². The molecule has 1 rings (SSSR count). The highest BCUT2D eigenvalue weighted by molar-refractivity contribution is 5.36. The van der Waals surface area contributed by atoms with Crippen LogP contribution in [-0.2, 0) is 11.3 Å². The van der Waals surface area contributed by atoms with E-state index < -0.39 is 0 Å². The quantitative estimate of drug-likeness (QED) is 0.859. The normalized spacial score (nSPS) is 13.8. The highest BCUT2D eigenvalue weighted by atomic mass is 16.5. The van der Waals surface area contributed by atoms with E-state index in [-0.39, 0.29) is 24.0 Å². The lowest BCUT2D eigenvalue weighted by Crippen LogP contribution is -2.40. The third kappa shape index (κ3) is 4.20. The van der Waals surface area contributed by atoms with Gasteiger partial charge in [0.05, 0.1) is 12.7 Å². The molecule has 1 atom stereocenters. The van der Waals surface area contributed by atoms with E-state index in [0.29, 0.717) is 5.56 Å². The van der Waals surface area contributed by atoms with Crippen molar-refractivity contribution in [3.05, 3.63) is 29.3 Å². The molecule has 0 radical (unpaired) electrons. The highest BCUT2D eigenvalue weighted by Gasteiger charge is 2.22. The van der Waals surface area contributed by atoms with E-state index in [2.05, 4.69) is 32.7 Å². The summed E-state index contributed by atoms with van der Waals surface area (Å²) in [5.74, 6) is 0.116. The number of ether oxygens (including phenoxy) is 1. The molecule has 0 heterocycles. The summed E-state index contributed by atoms with van der Waals surface area (Å²) in [4.78, 5) is 2.21. The molecule has 1 unspecified atom stereocenters. The van der Waals surface area contributed by atoms with Gasteiger partial charge < -0.3 is 14.9 Å². The average molecular weight is 267 g/mol. The molecule has 0 bridgehead atoms. The highest BCUT2D eigenvalue weighted by Crippen LogP contribution is 2.26. The molecule has 0 aliphatic heterocycles. The predicted octanol–water partition coefficient (Wildman–Crippen LogP) is 2.30. The van der Waals surface area contributed by atoms with E-state index in [1.165, 1.54) is 0 Å².